The minimum absolute atomic E-state index is 0.245. The van der Waals surface area contributed by atoms with E-state index in [1.165, 1.54) is 0 Å². The average Bonchev–Trinajstić information content (AvgIpc) is 3.17. The van der Waals surface area contributed by atoms with Crippen molar-refractivity contribution in [3.05, 3.63) is 67.1 Å². The van der Waals surface area contributed by atoms with Gasteiger partial charge in [-0.25, -0.2) is 15.0 Å². The largest absolute Gasteiger partial charge is 0.491 e. The molecule has 2 N–H and O–H groups in total. The van der Waals surface area contributed by atoms with Gasteiger partial charge in [0, 0.05) is 24.6 Å². The van der Waals surface area contributed by atoms with Crippen molar-refractivity contribution in [1.29, 1.82) is 0 Å². The van der Waals surface area contributed by atoms with E-state index in [1.54, 1.807) is 12.4 Å². The molecule has 1 atom stereocenters. The Labute approximate surface area is 174 Å². The Balaban J connectivity index is 1.43. The van der Waals surface area contributed by atoms with Gasteiger partial charge in [0.05, 0.1) is 17.6 Å². The van der Waals surface area contributed by atoms with Crippen LogP contribution in [0.1, 0.15) is 0 Å². The molecule has 0 spiro atoms. The normalized spacial score (nSPS) is 12.3. The minimum Gasteiger partial charge on any atom is -0.491 e. The molecule has 0 aliphatic rings. The molecular formula is C22H24N6O2. The molecule has 0 aliphatic heterocycles. The number of nitrogens with one attached hydrogen (secondary N) is 1. The zero-order valence-corrected chi connectivity index (χ0v) is 16.9. The zero-order chi connectivity index (χ0) is 20.9. The standard InChI is InChI=1S/C22H24N6O2/c1-27(2)14-17(29)15-30-18-8-6-16(7-9-18)25-22-23-11-10-19(26-22)20-13-24-21-5-3-4-12-28(20)21/h3-13,17,29H,14-15H2,1-2H3,(H,23,25,26). The number of rotatable bonds is 8. The molecule has 4 aromatic rings. The number of hydrogen-bond donors (Lipinski definition) is 2. The van der Waals surface area contributed by atoms with E-state index in [0.717, 1.165) is 22.7 Å². The van der Waals surface area contributed by atoms with E-state index in [2.05, 4.69) is 20.3 Å². The number of aliphatic hydroxyl groups excluding tert-OH is 1. The lowest BCUT2D eigenvalue weighted by Crippen LogP contribution is -2.30. The van der Waals surface area contributed by atoms with E-state index in [4.69, 9.17) is 4.74 Å². The number of nitrogens with zero attached hydrogens (tertiary/aromatic N) is 5. The molecule has 30 heavy (non-hydrogen) atoms. The fourth-order valence-electron chi connectivity index (χ4n) is 3.11. The topological polar surface area (TPSA) is 87.8 Å². The second-order valence-corrected chi connectivity index (χ2v) is 7.21. The maximum atomic E-state index is 9.90. The Morgan fingerprint density at radius 1 is 1.10 bits per heavy atom. The van der Waals surface area contributed by atoms with Crippen LogP contribution in [0.15, 0.2) is 67.1 Å². The van der Waals surface area contributed by atoms with Crippen LogP contribution in [0, 0.1) is 0 Å². The molecule has 0 aliphatic carbocycles. The highest BCUT2D eigenvalue weighted by atomic mass is 16.5. The molecule has 3 heterocycles. The third-order valence-electron chi connectivity index (χ3n) is 4.46. The van der Waals surface area contributed by atoms with E-state index in [0.29, 0.717) is 18.2 Å². The molecule has 8 heteroatoms. The fourth-order valence-corrected chi connectivity index (χ4v) is 3.11. The quantitative estimate of drug-likeness (QED) is 0.467. The van der Waals surface area contributed by atoms with Crippen LogP contribution in [0.5, 0.6) is 5.75 Å². The van der Waals surface area contributed by atoms with Gasteiger partial charge >= 0.3 is 0 Å². The number of fused-ring (bicyclic) bond motifs is 1. The Morgan fingerprint density at radius 3 is 2.73 bits per heavy atom. The summed E-state index contributed by atoms with van der Waals surface area (Å²) < 4.78 is 7.63. The summed E-state index contributed by atoms with van der Waals surface area (Å²) in [5.74, 6) is 1.19. The van der Waals surface area contributed by atoms with Crippen LogP contribution in [0.25, 0.3) is 17.0 Å². The Kier molecular flexibility index (Phi) is 5.87. The Hall–Kier alpha value is -3.49. The van der Waals surface area contributed by atoms with E-state index in [1.807, 2.05) is 78.1 Å². The number of hydrogen-bond acceptors (Lipinski definition) is 7. The lowest BCUT2D eigenvalue weighted by molar-refractivity contribution is 0.0831. The number of likely N-dealkylation sites (N-methyl/N-ethyl adjacent to an activating group) is 1. The van der Waals surface area contributed by atoms with Crippen LogP contribution in [0.3, 0.4) is 0 Å². The molecule has 4 rings (SSSR count). The summed E-state index contributed by atoms with van der Waals surface area (Å²) in [6.45, 7) is 0.801. The summed E-state index contributed by atoms with van der Waals surface area (Å²) in [7, 11) is 3.83. The summed E-state index contributed by atoms with van der Waals surface area (Å²) in [6, 6.07) is 15.2. The molecule has 0 saturated carbocycles. The lowest BCUT2D eigenvalue weighted by Gasteiger charge is -2.16. The van der Waals surface area contributed by atoms with Crippen LogP contribution in [-0.4, -0.2) is 62.7 Å². The van der Waals surface area contributed by atoms with Gasteiger partial charge in [0.15, 0.2) is 0 Å². The number of aromatic nitrogens is 4. The van der Waals surface area contributed by atoms with Gasteiger partial charge in [-0.1, -0.05) is 6.07 Å². The molecule has 0 radical (unpaired) electrons. The number of aliphatic hydroxyl groups is 1. The van der Waals surface area contributed by atoms with Gasteiger partial charge in [-0.3, -0.25) is 4.40 Å². The predicted octanol–water partition coefficient (Wildman–Crippen LogP) is 2.84. The van der Waals surface area contributed by atoms with Gasteiger partial charge in [0.1, 0.15) is 24.1 Å². The first-order valence-electron chi connectivity index (χ1n) is 9.67. The smallest absolute Gasteiger partial charge is 0.227 e. The van der Waals surface area contributed by atoms with Gasteiger partial charge in [0.2, 0.25) is 5.95 Å². The van der Waals surface area contributed by atoms with E-state index in [9.17, 15) is 5.11 Å². The van der Waals surface area contributed by atoms with E-state index in [-0.39, 0.29) is 6.61 Å². The average molecular weight is 404 g/mol. The highest BCUT2D eigenvalue weighted by Crippen LogP contribution is 2.22. The summed E-state index contributed by atoms with van der Waals surface area (Å²) in [6.07, 6.45) is 4.95. The molecule has 1 unspecified atom stereocenters. The van der Waals surface area contributed by atoms with Gasteiger partial charge in [0.25, 0.3) is 0 Å². The number of benzene rings is 1. The van der Waals surface area contributed by atoms with Gasteiger partial charge in [-0.2, -0.15) is 0 Å². The molecular weight excluding hydrogens is 380 g/mol. The molecule has 0 saturated heterocycles. The maximum absolute atomic E-state index is 9.90. The van der Waals surface area contributed by atoms with Crippen molar-refractivity contribution in [2.24, 2.45) is 0 Å². The van der Waals surface area contributed by atoms with Crippen LogP contribution >= 0.6 is 0 Å². The zero-order valence-electron chi connectivity index (χ0n) is 16.9. The van der Waals surface area contributed by atoms with Gasteiger partial charge in [-0.05, 0) is 56.6 Å². The summed E-state index contributed by atoms with van der Waals surface area (Å²) in [5.41, 5.74) is 3.38. The van der Waals surface area contributed by atoms with E-state index < -0.39 is 6.10 Å². The van der Waals surface area contributed by atoms with Gasteiger partial charge in [-0.15, -0.1) is 0 Å². The molecule has 1 aromatic carbocycles. The van der Waals surface area contributed by atoms with Crippen LogP contribution in [0.4, 0.5) is 11.6 Å². The first kappa shape index (κ1) is 19.8. The van der Waals surface area contributed by atoms with Crippen LogP contribution in [-0.2, 0) is 0 Å². The third kappa shape index (κ3) is 4.73. The first-order valence-corrected chi connectivity index (χ1v) is 9.67. The van der Waals surface area contributed by atoms with Crippen LogP contribution < -0.4 is 10.1 Å². The SMILES string of the molecule is CN(C)CC(O)COc1ccc(Nc2nccc(-c3cnc4ccccn34)n2)cc1. The molecule has 3 aromatic heterocycles. The van der Waals surface area contributed by atoms with Gasteiger partial charge < -0.3 is 20.1 Å². The Bertz CT molecular complexity index is 1110. The lowest BCUT2D eigenvalue weighted by atomic mass is 10.3. The fraction of sp³-hybridized carbons (Fsp3) is 0.227. The minimum atomic E-state index is -0.534. The molecule has 0 fully saturated rings. The molecule has 0 bridgehead atoms. The first-order chi connectivity index (χ1) is 14.6. The Morgan fingerprint density at radius 2 is 1.93 bits per heavy atom. The second kappa shape index (κ2) is 8.89. The van der Waals surface area contributed by atoms with Crippen molar-refractivity contribution in [2.45, 2.75) is 6.10 Å². The summed E-state index contributed by atoms with van der Waals surface area (Å²) >= 11 is 0. The number of ether oxygens (including phenoxy) is 1. The summed E-state index contributed by atoms with van der Waals surface area (Å²) in [4.78, 5) is 15.3. The van der Waals surface area contributed by atoms with Crippen molar-refractivity contribution in [3.63, 3.8) is 0 Å². The maximum Gasteiger partial charge on any atom is 0.227 e. The second-order valence-electron chi connectivity index (χ2n) is 7.21. The van der Waals surface area contributed by atoms with Crippen molar-refractivity contribution in [1.82, 2.24) is 24.3 Å². The third-order valence-corrected chi connectivity index (χ3v) is 4.46. The monoisotopic (exact) mass is 404 g/mol. The number of anilines is 2. The molecule has 0 amide bonds. The van der Waals surface area contributed by atoms with Crippen molar-refractivity contribution >= 4 is 17.3 Å². The highest BCUT2D eigenvalue weighted by molar-refractivity contribution is 5.62. The van der Waals surface area contributed by atoms with E-state index >= 15 is 0 Å². The van der Waals surface area contributed by atoms with Crippen molar-refractivity contribution < 1.29 is 9.84 Å². The summed E-state index contributed by atoms with van der Waals surface area (Å²) in [5, 5.41) is 13.1. The van der Waals surface area contributed by atoms with Crippen molar-refractivity contribution in [3.8, 4) is 17.1 Å². The molecule has 8 nitrogen and oxygen atoms in total. The predicted molar refractivity (Wildman–Crippen MR) is 116 cm³/mol. The van der Waals surface area contributed by atoms with Crippen molar-refractivity contribution in [2.75, 3.05) is 32.6 Å². The highest BCUT2D eigenvalue weighted by Gasteiger charge is 2.09. The van der Waals surface area contributed by atoms with Crippen LogP contribution in [0.2, 0.25) is 0 Å². The molecule has 154 valence electrons. The number of imidazole rings is 1. The number of pyridine rings is 1.